The summed E-state index contributed by atoms with van der Waals surface area (Å²) in [4.78, 5) is 40.9. The lowest BCUT2D eigenvalue weighted by atomic mass is 10.1. The molecule has 3 rings (SSSR count). The minimum atomic E-state index is -1.25. The van der Waals surface area contributed by atoms with Crippen LogP contribution in [0.25, 0.3) is 0 Å². The molecule has 0 saturated carbocycles. The summed E-state index contributed by atoms with van der Waals surface area (Å²) in [5, 5.41) is 8.90. The molecular formula is C21H22FN3O4. The van der Waals surface area contributed by atoms with Crippen LogP contribution in [-0.2, 0) is 6.54 Å². The highest BCUT2D eigenvalue weighted by molar-refractivity contribution is 5.96. The van der Waals surface area contributed by atoms with Crippen LogP contribution >= 0.6 is 0 Å². The van der Waals surface area contributed by atoms with Gasteiger partial charge >= 0.3 is 12.0 Å². The van der Waals surface area contributed by atoms with E-state index in [1.54, 1.807) is 16.8 Å². The Hall–Kier alpha value is -3.42. The van der Waals surface area contributed by atoms with Gasteiger partial charge in [-0.1, -0.05) is 30.3 Å². The van der Waals surface area contributed by atoms with Crippen LogP contribution in [-0.4, -0.2) is 70.9 Å². The van der Waals surface area contributed by atoms with Crippen LogP contribution in [0, 0.1) is 5.82 Å². The van der Waals surface area contributed by atoms with Crippen LogP contribution in [0.15, 0.2) is 48.5 Å². The lowest BCUT2D eigenvalue weighted by Crippen LogP contribution is -2.53. The maximum absolute atomic E-state index is 14.2. The zero-order valence-corrected chi connectivity index (χ0v) is 16.0. The van der Waals surface area contributed by atoms with Crippen molar-refractivity contribution in [3.8, 4) is 0 Å². The number of nitrogens with zero attached hydrogens (tertiary/aromatic N) is 3. The highest BCUT2D eigenvalue weighted by Gasteiger charge is 2.28. The quantitative estimate of drug-likeness (QED) is 0.857. The molecule has 0 aliphatic carbocycles. The predicted molar refractivity (Wildman–Crippen MR) is 104 cm³/mol. The Bertz CT molecular complexity index is 911. The first kappa shape index (κ1) is 20.3. The first-order valence-corrected chi connectivity index (χ1v) is 9.23. The summed E-state index contributed by atoms with van der Waals surface area (Å²) in [7, 11) is 1.73. The molecule has 1 saturated heterocycles. The molecule has 152 valence electrons. The number of carbonyl (C=O) groups excluding carboxylic acids is 2. The Kier molecular flexibility index (Phi) is 6.11. The minimum absolute atomic E-state index is 0.127. The number of aromatic carboxylic acids is 1. The molecule has 1 fully saturated rings. The van der Waals surface area contributed by atoms with E-state index in [0.717, 1.165) is 11.6 Å². The SMILES string of the molecule is CN(Cc1ccccc1)C(=O)N1CCN(C(=O)c2ccc(C(=O)O)cc2F)CC1. The number of carbonyl (C=O) groups is 3. The molecule has 1 N–H and O–H groups in total. The first-order chi connectivity index (χ1) is 13.9. The molecule has 29 heavy (non-hydrogen) atoms. The highest BCUT2D eigenvalue weighted by atomic mass is 19.1. The maximum Gasteiger partial charge on any atom is 0.335 e. The summed E-state index contributed by atoms with van der Waals surface area (Å²) < 4.78 is 14.2. The second kappa shape index (κ2) is 8.72. The van der Waals surface area contributed by atoms with E-state index in [1.165, 1.54) is 17.0 Å². The average molecular weight is 399 g/mol. The second-order valence-electron chi connectivity index (χ2n) is 6.90. The second-order valence-corrected chi connectivity index (χ2v) is 6.90. The number of halogens is 1. The van der Waals surface area contributed by atoms with Gasteiger partial charge in [-0.05, 0) is 23.8 Å². The van der Waals surface area contributed by atoms with Gasteiger partial charge in [-0.25, -0.2) is 14.0 Å². The van der Waals surface area contributed by atoms with E-state index in [-0.39, 0.29) is 30.2 Å². The fourth-order valence-electron chi connectivity index (χ4n) is 3.26. The Labute approximate surface area is 167 Å². The van der Waals surface area contributed by atoms with Gasteiger partial charge in [-0.3, -0.25) is 4.79 Å². The van der Waals surface area contributed by atoms with Gasteiger partial charge in [0.2, 0.25) is 0 Å². The first-order valence-electron chi connectivity index (χ1n) is 9.23. The van der Waals surface area contributed by atoms with Gasteiger partial charge in [0.1, 0.15) is 5.82 Å². The fourth-order valence-corrected chi connectivity index (χ4v) is 3.26. The minimum Gasteiger partial charge on any atom is -0.478 e. The van der Waals surface area contributed by atoms with Gasteiger partial charge in [0, 0.05) is 39.8 Å². The molecule has 1 heterocycles. The Morgan fingerprint density at radius 3 is 2.21 bits per heavy atom. The number of hydrogen-bond acceptors (Lipinski definition) is 3. The smallest absolute Gasteiger partial charge is 0.335 e. The van der Waals surface area contributed by atoms with Gasteiger partial charge in [0.15, 0.2) is 0 Å². The van der Waals surface area contributed by atoms with E-state index in [1.807, 2.05) is 30.3 Å². The van der Waals surface area contributed by atoms with Crippen molar-refractivity contribution in [3.63, 3.8) is 0 Å². The molecule has 0 unspecified atom stereocenters. The van der Waals surface area contributed by atoms with Crippen molar-refractivity contribution >= 4 is 17.9 Å². The summed E-state index contributed by atoms with van der Waals surface area (Å²) >= 11 is 0. The van der Waals surface area contributed by atoms with E-state index in [0.29, 0.717) is 19.6 Å². The van der Waals surface area contributed by atoms with Gasteiger partial charge in [-0.2, -0.15) is 0 Å². The molecule has 0 spiro atoms. The molecular weight excluding hydrogens is 377 g/mol. The molecule has 3 amide bonds. The topological polar surface area (TPSA) is 81.2 Å². The third kappa shape index (κ3) is 4.71. The number of rotatable bonds is 4. The zero-order chi connectivity index (χ0) is 21.0. The number of carboxylic acid groups (broad SMARTS) is 1. The van der Waals surface area contributed by atoms with Crippen molar-refractivity contribution in [1.29, 1.82) is 0 Å². The van der Waals surface area contributed by atoms with Crippen LogP contribution in [0.1, 0.15) is 26.3 Å². The highest BCUT2D eigenvalue weighted by Crippen LogP contribution is 2.16. The van der Waals surface area contributed by atoms with Crippen LogP contribution in [0.5, 0.6) is 0 Å². The lowest BCUT2D eigenvalue weighted by Gasteiger charge is -2.36. The third-order valence-electron chi connectivity index (χ3n) is 4.87. The van der Waals surface area contributed by atoms with Crippen molar-refractivity contribution in [3.05, 3.63) is 71.0 Å². The van der Waals surface area contributed by atoms with Gasteiger partial charge in [0.05, 0.1) is 11.1 Å². The summed E-state index contributed by atoms with van der Waals surface area (Å²) in [6.45, 7) is 1.74. The molecule has 0 atom stereocenters. The molecule has 7 nitrogen and oxygen atoms in total. The predicted octanol–water partition coefficient (Wildman–Crippen LogP) is 2.53. The van der Waals surface area contributed by atoms with E-state index < -0.39 is 17.7 Å². The lowest BCUT2D eigenvalue weighted by molar-refractivity contribution is 0.0636. The monoisotopic (exact) mass is 399 g/mol. The number of hydrogen-bond donors (Lipinski definition) is 1. The van der Waals surface area contributed by atoms with Gasteiger partial charge < -0.3 is 19.8 Å². The zero-order valence-electron chi connectivity index (χ0n) is 16.0. The van der Waals surface area contributed by atoms with E-state index in [2.05, 4.69) is 0 Å². The van der Waals surface area contributed by atoms with Crippen molar-refractivity contribution in [2.45, 2.75) is 6.54 Å². The molecule has 2 aromatic carbocycles. The number of benzene rings is 2. The van der Waals surface area contributed by atoms with Crippen molar-refractivity contribution in [2.24, 2.45) is 0 Å². The summed E-state index contributed by atoms with van der Waals surface area (Å²) in [5.74, 6) is -2.63. The number of urea groups is 1. The van der Waals surface area contributed by atoms with Crippen molar-refractivity contribution in [1.82, 2.24) is 14.7 Å². The Morgan fingerprint density at radius 2 is 1.62 bits per heavy atom. The van der Waals surface area contributed by atoms with Crippen LogP contribution < -0.4 is 0 Å². The molecule has 2 aromatic rings. The number of carboxylic acids is 1. The molecule has 8 heteroatoms. The number of amides is 3. The third-order valence-corrected chi connectivity index (χ3v) is 4.87. The average Bonchev–Trinajstić information content (AvgIpc) is 2.73. The van der Waals surface area contributed by atoms with Crippen LogP contribution in [0.3, 0.4) is 0 Å². The van der Waals surface area contributed by atoms with Crippen LogP contribution in [0.2, 0.25) is 0 Å². The van der Waals surface area contributed by atoms with E-state index >= 15 is 0 Å². The van der Waals surface area contributed by atoms with E-state index in [9.17, 15) is 18.8 Å². The number of piperazine rings is 1. The molecule has 0 radical (unpaired) electrons. The molecule has 1 aliphatic rings. The molecule has 0 bridgehead atoms. The fraction of sp³-hybridized carbons (Fsp3) is 0.286. The van der Waals surface area contributed by atoms with Crippen LogP contribution in [0.4, 0.5) is 9.18 Å². The Balaban J connectivity index is 1.58. The summed E-state index contributed by atoms with van der Waals surface area (Å²) in [6.07, 6.45) is 0. The molecule has 0 aromatic heterocycles. The van der Waals surface area contributed by atoms with Crippen molar-refractivity contribution < 1.29 is 23.9 Å². The molecule has 1 aliphatic heterocycles. The standard InChI is InChI=1S/C21H22FN3O4/c1-23(14-15-5-3-2-4-6-15)21(29)25-11-9-24(10-12-25)19(26)17-8-7-16(20(27)28)13-18(17)22/h2-8,13H,9-12,14H2,1H3,(H,27,28). The summed E-state index contributed by atoms with van der Waals surface area (Å²) in [5.41, 5.74) is 0.643. The van der Waals surface area contributed by atoms with Gasteiger partial charge in [-0.15, -0.1) is 0 Å². The summed E-state index contributed by atoms with van der Waals surface area (Å²) in [6, 6.07) is 12.8. The Morgan fingerprint density at radius 1 is 1.00 bits per heavy atom. The maximum atomic E-state index is 14.2. The van der Waals surface area contributed by atoms with Gasteiger partial charge in [0.25, 0.3) is 5.91 Å². The normalized spacial score (nSPS) is 13.9. The van der Waals surface area contributed by atoms with Crippen molar-refractivity contribution in [2.75, 3.05) is 33.2 Å². The largest absolute Gasteiger partial charge is 0.478 e. The van der Waals surface area contributed by atoms with E-state index in [4.69, 9.17) is 5.11 Å².